The molecular weight excluding hydrogens is 364 g/mol. The van der Waals surface area contributed by atoms with E-state index in [1.165, 1.54) is 0 Å². The fraction of sp³-hybridized carbons (Fsp3) is 1.00. The molecule has 3 aliphatic rings. The molecule has 0 saturated carbocycles. The molecule has 0 amide bonds. The van der Waals surface area contributed by atoms with Crippen LogP contribution in [0.5, 0.6) is 0 Å². The summed E-state index contributed by atoms with van der Waals surface area (Å²) >= 11 is 0. The van der Waals surface area contributed by atoms with Crippen molar-refractivity contribution in [2.75, 3.05) is 19.8 Å². The van der Waals surface area contributed by atoms with Crippen molar-refractivity contribution in [1.29, 1.82) is 0 Å². The summed E-state index contributed by atoms with van der Waals surface area (Å²) in [7, 11) is 0. The van der Waals surface area contributed by atoms with Gasteiger partial charge >= 0.3 is 0 Å². The smallest absolute Gasteiger partial charge is 0.186 e. The van der Waals surface area contributed by atoms with Gasteiger partial charge in [-0.15, -0.1) is 0 Å². The minimum atomic E-state index is -1.43. The number of rotatable bonds is 5. The van der Waals surface area contributed by atoms with E-state index in [0.717, 1.165) is 0 Å². The Balaban J connectivity index is 1.59. The Morgan fingerprint density at radius 2 is 1.67 bits per heavy atom. The summed E-state index contributed by atoms with van der Waals surface area (Å²) in [6.45, 7) is 6.95. The Hall–Kier alpha value is -0.400. The fourth-order valence-corrected chi connectivity index (χ4v) is 3.49. The lowest BCUT2D eigenvalue weighted by Gasteiger charge is -2.35. The zero-order valence-corrected chi connectivity index (χ0v) is 16.0. The number of hydrogen-bond donors (Lipinski definition) is 4. The highest BCUT2D eigenvalue weighted by Crippen LogP contribution is 2.37. The van der Waals surface area contributed by atoms with Gasteiger partial charge in [-0.05, 0) is 27.7 Å². The van der Waals surface area contributed by atoms with Gasteiger partial charge in [-0.1, -0.05) is 0 Å². The Morgan fingerprint density at radius 1 is 0.963 bits per heavy atom. The van der Waals surface area contributed by atoms with Gasteiger partial charge in [-0.25, -0.2) is 0 Å². The number of aliphatic hydroxyl groups is 4. The SMILES string of the molecule is CC1(C)O[C@H]([C@H](O)CO[C@@H]2OC[C@@H](O)[C@H](O)[C@H]2O)[C@@H]([C@H]2COC(C)(C)O2)O1. The zero-order chi connectivity index (χ0) is 20.0. The van der Waals surface area contributed by atoms with Gasteiger partial charge in [-0.2, -0.15) is 0 Å². The largest absolute Gasteiger partial charge is 0.388 e. The summed E-state index contributed by atoms with van der Waals surface area (Å²) in [4.78, 5) is 0. The minimum absolute atomic E-state index is 0.181. The van der Waals surface area contributed by atoms with Crippen molar-refractivity contribution in [3.8, 4) is 0 Å². The van der Waals surface area contributed by atoms with Crippen molar-refractivity contribution in [2.24, 2.45) is 0 Å². The highest BCUT2D eigenvalue weighted by Gasteiger charge is 2.52. The third-order valence-corrected chi connectivity index (χ3v) is 4.83. The molecule has 0 bridgehead atoms. The first-order valence-electron chi connectivity index (χ1n) is 9.12. The number of ether oxygens (including phenoxy) is 6. The molecule has 3 heterocycles. The number of hydrogen-bond acceptors (Lipinski definition) is 10. The summed E-state index contributed by atoms with van der Waals surface area (Å²) in [5.41, 5.74) is 0. The molecule has 0 aromatic heterocycles. The van der Waals surface area contributed by atoms with Gasteiger partial charge in [0.05, 0.1) is 19.8 Å². The molecule has 0 radical (unpaired) electrons. The molecule has 8 atom stereocenters. The van der Waals surface area contributed by atoms with Crippen molar-refractivity contribution in [3.05, 3.63) is 0 Å². The van der Waals surface area contributed by atoms with Gasteiger partial charge in [0.25, 0.3) is 0 Å². The molecule has 0 spiro atoms. The highest BCUT2D eigenvalue weighted by molar-refractivity contribution is 4.94. The Labute approximate surface area is 157 Å². The van der Waals surface area contributed by atoms with E-state index in [-0.39, 0.29) is 13.2 Å². The third-order valence-electron chi connectivity index (χ3n) is 4.83. The van der Waals surface area contributed by atoms with Crippen LogP contribution in [-0.2, 0) is 28.4 Å². The van der Waals surface area contributed by atoms with Crippen LogP contribution in [0, 0.1) is 0 Å². The van der Waals surface area contributed by atoms with Crippen LogP contribution in [0.2, 0.25) is 0 Å². The van der Waals surface area contributed by atoms with Crippen LogP contribution in [0.15, 0.2) is 0 Å². The van der Waals surface area contributed by atoms with Gasteiger partial charge in [0.15, 0.2) is 17.9 Å². The molecule has 27 heavy (non-hydrogen) atoms. The minimum Gasteiger partial charge on any atom is -0.388 e. The van der Waals surface area contributed by atoms with Crippen LogP contribution in [0.3, 0.4) is 0 Å². The van der Waals surface area contributed by atoms with E-state index >= 15 is 0 Å². The van der Waals surface area contributed by atoms with Crippen LogP contribution >= 0.6 is 0 Å². The Kier molecular flexibility index (Phi) is 6.15. The van der Waals surface area contributed by atoms with Crippen molar-refractivity contribution in [2.45, 2.75) is 88.3 Å². The van der Waals surface area contributed by atoms with Crippen molar-refractivity contribution in [1.82, 2.24) is 0 Å². The van der Waals surface area contributed by atoms with Gasteiger partial charge in [-0.3, -0.25) is 0 Å². The van der Waals surface area contributed by atoms with Crippen molar-refractivity contribution < 1.29 is 48.8 Å². The second-order valence-electron chi connectivity index (χ2n) is 8.08. The molecule has 0 aromatic rings. The van der Waals surface area contributed by atoms with E-state index in [2.05, 4.69) is 0 Å². The summed E-state index contributed by atoms with van der Waals surface area (Å²) in [5, 5.41) is 39.7. The van der Waals surface area contributed by atoms with E-state index in [1.54, 1.807) is 27.7 Å². The molecule has 0 unspecified atom stereocenters. The van der Waals surface area contributed by atoms with Gasteiger partial charge in [0.1, 0.15) is 42.7 Å². The van der Waals surface area contributed by atoms with Crippen LogP contribution in [0.4, 0.5) is 0 Å². The molecule has 3 rings (SSSR count). The van der Waals surface area contributed by atoms with E-state index in [9.17, 15) is 20.4 Å². The molecule has 3 saturated heterocycles. The van der Waals surface area contributed by atoms with Gasteiger partial charge < -0.3 is 48.8 Å². The lowest BCUT2D eigenvalue weighted by Crippen LogP contribution is -2.54. The summed E-state index contributed by atoms with van der Waals surface area (Å²) in [6.07, 6.45) is -8.03. The maximum Gasteiger partial charge on any atom is 0.186 e. The monoisotopic (exact) mass is 394 g/mol. The van der Waals surface area contributed by atoms with E-state index in [4.69, 9.17) is 28.4 Å². The predicted octanol–water partition coefficient (Wildman–Crippen LogP) is -1.53. The summed E-state index contributed by atoms with van der Waals surface area (Å²) in [5.74, 6) is -1.67. The van der Waals surface area contributed by atoms with Gasteiger partial charge in [0, 0.05) is 0 Å². The Bertz CT molecular complexity index is 512. The molecule has 3 aliphatic heterocycles. The molecule has 158 valence electrons. The first kappa shape index (κ1) is 21.3. The lowest BCUT2D eigenvalue weighted by atomic mass is 10.0. The highest BCUT2D eigenvalue weighted by atomic mass is 16.8. The lowest BCUT2D eigenvalue weighted by molar-refractivity contribution is -0.277. The zero-order valence-electron chi connectivity index (χ0n) is 16.0. The standard InChI is InChI=1S/C17H30O10/c1-16(2)24-7-10(25-16)14-13(26-17(3,4)27-14)9(19)6-23-15-12(21)11(20)8(18)5-22-15/h8-15,18-21H,5-7H2,1-4H3/t8-,9-,10-,11+,12-,13-,14-,15+/m1/s1. The maximum atomic E-state index is 10.6. The van der Waals surface area contributed by atoms with Crippen LogP contribution in [0.1, 0.15) is 27.7 Å². The Morgan fingerprint density at radius 3 is 2.30 bits per heavy atom. The molecule has 4 N–H and O–H groups in total. The normalized spacial score (nSPS) is 45.1. The van der Waals surface area contributed by atoms with Crippen molar-refractivity contribution >= 4 is 0 Å². The van der Waals surface area contributed by atoms with Crippen LogP contribution < -0.4 is 0 Å². The van der Waals surface area contributed by atoms with E-state index in [0.29, 0.717) is 6.61 Å². The molecule has 0 aliphatic carbocycles. The van der Waals surface area contributed by atoms with Crippen LogP contribution in [0.25, 0.3) is 0 Å². The molecule has 0 aromatic carbocycles. The van der Waals surface area contributed by atoms with Gasteiger partial charge in [0.2, 0.25) is 0 Å². The average molecular weight is 394 g/mol. The molecule has 10 heteroatoms. The third kappa shape index (κ3) is 4.78. The molecular formula is C17H30O10. The summed E-state index contributed by atoms with van der Waals surface area (Å²) in [6, 6.07) is 0. The summed E-state index contributed by atoms with van der Waals surface area (Å²) < 4.78 is 33.7. The van der Waals surface area contributed by atoms with Crippen LogP contribution in [-0.4, -0.2) is 101 Å². The fourth-order valence-electron chi connectivity index (χ4n) is 3.49. The maximum absolute atomic E-state index is 10.6. The first-order chi connectivity index (χ1) is 12.5. The second kappa shape index (κ2) is 7.79. The van der Waals surface area contributed by atoms with Crippen molar-refractivity contribution in [3.63, 3.8) is 0 Å². The predicted molar refractivity (Wildman–Crippen MR) is 88.4 cm³/mol. The van der Waals surface area contributed by atoms with E-state index < -0.39 is 60.6 Å². The molecule has 10 nitrogen and oxygen atoms in total. The second-order valence-corrected chi connectivity index (χ2v) is 8.08. The first-order valence-corrected chi connectivity index (χ1v) is 9.12. The quantitative estimate of drug-likeness (QED) is 0.435. The number of aliphatic hydroxyl groups excluding tert-OH is 4. The topological polar surface area (TPSA) is 136 Å². The van der Waals surface area contributed by atoms with E-state index in [1.807, 2.05) is 0 Å². The average Bonchev–Trinajstić information content (AvgIpc) is 3.10. The molecule has 3 fully saturated rings.